The Hall–Kier alpha value is -2.07. The minimum atomic E-state index is 1.00. The van der Waals surface area contributed by atoms with Crippen molar-refractivity contribution in [2.45, 2.75) is 33.1 Å². The lowest BCUT2D eigenvalue weighted by atomic mass is 10.0. The predicted molar refractivity (Wildman–Crippen MR) is 108 cm³/mol. The molecule has 1 aromatic heterocycles. The molecule has 1 aliphatic heterocycles. The average Bonchev–Trinajstić information content (AvgIpc) is 2.80. The van der Waals surface area contributed by atoms with E-state index >= 15 is 0 Å². The second kappa shape index (κ2) is 6.68. The van der Waals surface area contributed by atoms with Crippen molar-refractivity contribution in [3.8, 4) is 16.9 Å². The molecular weight excluding hydrogens is 374 g/mol. The van der Waals surface area contributed by atoms with Gasteiger partial charge in [-0.1, -0.05) is 40.2 Å². The van der Waals surface area contributed by atoms with Crippen LogP contribution in [0.3, 0.4) is 0 Å². The van der Waals surface area contributed by atoms with E-state index in [4.69, 9.17) is 5.10 Å². The zero-order chi connectivity index (χ0) is 17.4. The third kappa shape index (κ3) is 2.99. The number of aryl methyl sites for hydroxylation is 1. The number of nitrogens with one attached hydrogen (secondary N) is 1. The van der Waals surface area contributed by atoms with E-state index < -0.39 is 0 Å². The lowest BCUT2D eigenvalue weighted by Crippen LogP contribution is -2.08. The molecule has 0 amide bonds. The molecule has 3 nitrogen and oxygen atoms in total. The van der Waals surface area contributed by atoms with Gasteiger partial charge in [0, 0.05) is 22.1 Å². The van der Waals surface area contributed by atoms with Crippen molar-refractivity contribution in [3.63, 3.8) is 0 Å². The Kier molecular flexibility index (Phi) is 4.38. The fourth-order valence-electron chi connectivity index (χ4n) is 3.48. The molecule has 0 radical (unpaired) electrons. The molecule has 0 saturated heterocycles. The molecule has 0 aliphatic carbocycles. The van der Waals surface area contributed by atoms with Crippen LogP contribution in [0.4, 0.5) is 5.82 Å². The largest absolute Gasteiger partial charge is 0.370 e. The third-order valence-corrected chi connectivity index (χ3v) is 5.58. The highest BCUT2D eigenvalue weighted by molar-refractivity contribution is 9.10. The first-order chi connectivity index (χ1) is 12.1. The Balaban J connectivity index is 1.93. The van der Waals surface area contributed by atoms with Crippen LogP contribution in [0.25, 0.3) is 16.9 Å². The van der Waals surface area contributed by atoms with Crippen molar-refractivity contribution in [2.75, 3.05) is 11.9 Å². The van der Waals surface area contributed by atoms with E-state index in [0.29, 0.717) is 0 Å². The van der Waals surface area contributed by atoms with Gasteiger partial charge in [0.2, 0.25) is 0 Å². The predicted octanol–water partition coefficient (Wildman–Crippen LogP) is 5.67. The van der Waals surface area contributed by atoms with Crippen molar-refractivity contribution in [1.29, 1.82) is 0 Å². The van der Waals surface area contributed by atoms with Crippen molar-refractivity contribution < 1.29 is 0 Å². The number of fused-ring (bicyclic) bond motifs is 1. The molecule has 4 rings (SSSR count). The van der Waals surface area contributed by atoms with E-state index in [0.717, 1.165) is 34.6 Å². The number of rotatable bonds is 2. The Labute approximate surface area is 157 Å². The van der Waals surface area contributed by atoms with Gasteiger partial charge in [-0.25, -0.2) is 4.68 Å². The summed E-state index contributed by atoms with van der Waals surface area (Å²) in [6.07, 6.45) is 3.46. The molecule has 0 unspecified atom stereocenters. The first-order valence-electron chi connectivity index (χ1n) is 8.83. The maximum atomic E-state index is 5.04. The van der Waals surface area contributed by atoms with E-state index in [-0.39, 0.29) is 0 Å². The fraction of sp³-hybridized carbons (Fsp3) is 0.286. The molecule has 1 aliphatic rings. The van der Waals surface area contributed by atoms with Gasteiger partial charge in [0.15, 0.2) is 0 Å². The summed E-state index contributed by atoms with van der Waals surface area (Å²) in [6.45, 7) is 5.34. The van der Waals surface area contributed by atoms with Crippen molar-refractivity contribution in [3.05, 3.63) is 63.6 Å². The molecule has 0 atom stereocenters. The third-order valence-electron chi connectivity index (χ3n) is 5.05. The van der Waals surface area contributed by atoms with E-state index in [9.17, 15) is 0 Å². The van der Waals surface area contributed by atoms with Crippen LogP contribution in [0.15, 0.2) is 46.9 Å². The number of benzene rings is 2. The number of hydrogen-bond acceptors (Lipinski definition) is 2. The summed E-state index contributed by atoms with van der Waals surface area (Å²) in [5.41, 5.74) is 7.33. The molecule has 4 heteroatoms. The van der Waals surface area contributed by atoms with E-state index in [2.05, 4.69) is 82.2 Å². The lowest BCUT2D eigenvalue weighted by molar-refractivity contribution is 0.779. The van der Waals surface area contributed by atoms with Crippen LogP contribution in [0.5, 0.6) is 0 Å². The number of aromatic nitrogens is 2. The Morgan fingerprint density at radius 1 is 1.04 bits per heavy atom. The number of halogens is 1. The van der Waals surface area contributed by atoms with Crippen LogP contribution >= 0.6 is 15.9 Å². The molecular formula is C21H22BrN3. The molecule has 0 bridgehead atoms. The SMILES string of the molecule is Cc1cccc(-n2nc(-c3ccc(Br)cc3)c3c2NCCCC3)c1C. The molecule has 25 heavy (non-hydrogen) atoms. The smallest absolute Gasteiger partial charge is 0.133 e. The summed E-state index contributed by atoms with van der Waals surface area (Å²) in [5, 5.41) is 8.68. The maximum Gasteiger partial charge on any atom is 0.133 e. The molecule has 1 N–H and O–H groups in total. The van der Waals surface area contributed by atoms with Crippen molar-refractivity contribution >= 4 is 21.7 Å². The molecule has 0 spiro atoms. The van der Waals surface area contributed by atoms with E-state index in [1.54, 1.807) is 0 Å². The topological polar surface area (TPSA) is 29.9 Å². The molecule has 0 saturated carbocycles. The zero-order valence-electron chi connectivity index (χ0n) is 14.6. The highest BCUT2D eigenvalue weighted by Crippen LogP contribution is 2.35. The van der Waals surface area contributed by atoms with Gasteiger partial charge in [0.25, 0.3) is 0 Å². The summed E-state index contributed by atoms with van der Waals surface area (Å²) in [4.78, 5) is 0. The average molecular weight is 396 g/mol. The molecule has 2 aromatic carbocycles. The number of hydrogen-bond donors (Lipinski definition) is 1. The monoisotopic (exact) mass is 395 g/mol. The number of anilines is 1. The molecule has 3 aromatic rings. The van der Waals surface area contributed by atoms with Crippen LogP contribution in [-0.4, -0.2) is 16.3 Å². The summed E-state index contributed by atoms with van der Waals surface area (Å²) in [5.74, 6) is 1.16. The summed E-state index contributed by atoms with van der Waals surface area (Å²) < 4.78 is 3.20. The van der Waals surface area contributed by atoms with Crippen LogP contribution in [0.1, 0.15) is 29.5 Å². The normalized spacial score (nSPS) is 13.9. The van der Waals surface area contributed by atoms with Gasteiger partial charge >= 0.3 is 0 Å². The summed E-state index contributed by atoms with van der Waals surface area (Å²) in [7, 11) is 0. The van der Waals surface area contributed by atoms with Crippen molar-refractivity contribution in [1.82, 2.24) is 9.78 Å². The van der Waals surface area contributed by atoms with Gasteiger partial charge < -0.3 is 5.32 Å². The maximum absolute atomic E-state index is 5.04. The Morgan fingerprint density at radius 3 is 2.64 bits per heavy atom. The molecule has 0 fully saturated rings. The second-order valence-electron chi connectivity index (χ2n) is 6.70. The van der Waals surface area contributed by atoms with Gasteiger partial charge in [-0.3, -0.25) is 0 Å². The van der Waals surface area contributed by atoms with E-state index in [1.165, 1.54) is 35.1 Å². The highest BCUT2D eigenvalue weighted by atomic mass is 79.9. The van der Waals surface area contributed by atoms with E-state index in [1.807, 2.05) is 0 Å². The summed E-state index contributed by atoms with van der Waals surface area (Å²) in [6, 6.07) is 14.9. The number of nitrogens with zero attached hydrogens (tertiary/aromatic N) is 2. The van der Waals surface area contributed by atoms with Gasteiger partial charge in [-0.2, -0.15) is 5.10 Å². The van der Waals surface area contributed by atoms with Gasteiger partial charge in [0.05, 0.1) is 11.4 Å². The minimum Gasteiger partial charge on any atom is -0.370 e. The highest BCUT2D eigenvalue weighted by Gasteiger charge is 2.22. The zero-order valence-corrected chi connectivity index (χ0v) is 16.2. The fourth-order valence-corrected chi connectivity index (χ4v) is 3.75. The first kappa shape index (κ1) is 16.4. The van der Waals surface area contributed by atoms with Crippen LogP contribution in [0, 0.1) is 13.8 Å². The van der Waals surface area contributed by atoms with Gasteiger partial charge in [0.1, 0.15) is 5.82 Å². The molecule has 128 valence electrons. The van der Waals surface area contributed by atoms with Crippen LogP contribution in [-0.2, 0) is 6.42 Å². The standard InChI is InChI=1S/C21H22BrN3/c1-14-6-5-8-19(15(14)2)25-21-18(7-3-4-13-23-21)20(24-25)16-9-11-17(22)12-10-16/h5-6,8-12,23H,3-4,7,13H2,1-2H3. The van der Waals surface area contributed by atoms with Gasteiger partial charge in [-0.15, -0.1) is 0 Å². The van der Waals surface area contributed by atoms with Crippen LogP contribution < -0.4 is 5.32 Å². The van der Waals surface area contributed by atoms with Crippen molar-refractivity contribution in [2.24, 2.45) is 0 Å². The second-order valence-corrected chi connectivity index (χ2v) is 7.61. The van der Waals surface area contributed by atoms with Gasteiger partial charge in [-0.05, 0) is 62.4 Å². The Morgan fingerprint density at radius 2 is 1.84 bits per heavy atom. The first-order valence-corrected chi connectivity index (χ1v) is 9.63. The molecule has 2 heterocycles. The Bertz CT molecular complexity index is 910. The lowest BCUT2D eigenvalue weighted by Gasteiger charge is -2.13. The van der Waals surface area contributed by atoms with Crippen LogP contribution in [0.2, 0.25) is 0 Å². The minimum absolute atomic E-state index is 1.00. The summed E-state index contributed by atoms with van der Waals surface area (Å²) >= 11 is 3.53. The quantitative estimate of drug-likeness (QED) is 0.605.